The van der Waals surface area contributed by atoms with Gasteiger partial charge in [-0.2, -0.15) is 0 Å². The maximum absolute atomic E-state index is 14.8. The molecule has 5 rings (SSSR count). The predicted octanol–water partition coefficient (Wildman–Crippen LogP) is 4.50. The number of alkyl halides is 2. The zero-order valence-corrected chi connectivity index (χ0v) is 20.3. The van der Waals surface area contributed by atoms with E-state index in [2.05, 4.69) is 5.32 Å². The lowest BCUT2D eigenvalue weighted by Gasteiger charge is -2.35. The summed E-state index contributed by atoms with van der Waals surface area (Å²) in [5.74, 6) is -9.31. The number of aliphatic carboxylic acids is 1. The minimum absolute atomic E-state index is 0.200. The van der Waals surface area contributed by atoms with Gasteiger partial charge in [-0.15, -0.1) is 0 Å². The molecule has 0 bridgehead atoms. The van der Waals surface area contributed by atoms with E-state index in [1.54, 1.807) is 0 Å². The minimum Gasteiger partial charge on any atom is -0.481 e. The first-order valence-corrected chi connectivity index (χ1v) is 11.7. The third-order valence-electron chi connectivity index (χ3n) is 7.09. The van der Waals surface area contributed by atoms with Gasteiger partial charge in [0.1, 0.15) is 11.5 Å². The standard InChI is InChI=1S/C23H18Cl3F2N3O4/c1-30(13-5-11(25)4-12(26)6-13)19(32)17-16-8-22(27,28)9-31(16)23(18(17)20(33)34)14-3-2-10(24)7-15(14)29-21(23)35/h2-7,16-18H,8-9H2,1H3,(H,29,35)(H,33,34)/t16-,17+,18?,23?/m1/s1. The SMILES string of the molecule is CN(C(=O)[C@@H]1C(C(=O)O)C2(C(=O)Nc3cc(Cl)ccc32)N2CC(F)(F)C[C@H]12)c1cc(Cl)cc(Cl)c1. The number of rotatable bonds is 3. The number of carbonyl (C=O) groups excluding carboxylic acids is 2. The Kier molecular flexibility index (Phi) is 5.56. The zero-order valence-electron chi connectivity index (χ0n) is 18.1. The van der Waals surface area contributed by atoms with E-state index in [1.165, 1.54) is 48.3 Å². The Morgan fingerprint density at radius 2 is 1.77 bits per heavy atom. The van der Waals surface area contributed by atoms with Crippen molar-refractivity contribution in [3.8, 4) is 0 Å². The van der Waals surface area contributed by atoms with Crippen molar-refractivity contribution in [1.82, 2.24) is 4.90 Å². The number of carboxylic acids is 1. The zero-order chi connectivity index (χ0) is 25.4. The van der Waals surface area contributed by atoms with Crippen molar-refractivity contribution < 1.29 is 28.3 Å². The van der Waals surface area contributed by atoms with Crippen molar-refractivity contribution in [3.05, 3.63) is 57.0 Å². The van der Waals surface area contributed by atoms with Crippen LogP contribution in [0.5, 0.6) is 0 Å². The monoisotopic (exact) mass is 543 g/mol. The number of carboxylic acid groups (broad SMARTS) is 1. The lowest BCUT2D eigenvalue weighted by atomic mass is 9.73. The summed E-state index contributed by atoms with van der Waals surface area (Å²) in [5.41, 5.74) is -1.32. The first kappa shape index (κ1) is 24.2. The molecule has 3 aliphatic heterocycles. The second-order valence-corrected chi connectivity index (χ2v) is 10.3. The molecule has 0 saturated carbocycles. The molecule has 1 spiro atoms. The van der Waals surface area contributed by atoms with Gasteiger partial charge >= 0.3 is 5.97 Å². The van der Waals surface area contributed by atoms with Gasteiger partial charge in [0.15, 0.2) is 0 Å². The maximum Gasteiger partial charge on any atom is 0.310 e. The Bertz CT molecular complexity index is 1270. The van der Waals surface area contributed by atoms with Crippen LogP contribution in [0.1, 0.15) is 12.0 Å². The van der Waals surface area contributed by atoms with E-state index < -0.39 is 60.1 Å². The van der Waals surface area contributed by atoms with Crippen LogP contribution in [0.4, 0.5) is 20.2 Å². The molecule has 3 aliphatic rings. The van der Waals surface area contributed by atoms with Crippen molar-refractivity contribution in [2.75, 3.05) is 23.8 Å². The topological polar surface area (TPSA) is 90.0 Å². The van der Waals surface area contributed by atoms with Gasteiger partial charge in [-0.05, 0) is 30.3 Å². The number of nitrogens with zero attached hydrogens (tertiary/aromatic N) is 2. The molecule has 2 amide bonds. The van der Waals surface area contributed by atoms with Crippen LogP contribution in [-0.4, -0.2) is 53.3 Å². The fourth-order valence-corrected chi connectivity index (χ4v) is 6.51. The van der Waals surface area contributed by atoms with Gasteiger partial charge in [-0.1, -0.05) is 40.9 Å². The Morgan fingerprint density at radius 1 is 1.11 bits per heavy atom. The van der Waals surface area contributed by atoms with E-state index in [0.29, 0.717) is 0 Å². The largest absolute Gasteiger partial charge is 0.481 e. The molecule has 3 heterocycles. The lowest BCUT2D eigenvalue weighted by Crippen LogP contribution is -2.54. The molecular formula is C23H18Cl3F2N3O4. The number of carbonyl (C=O) groups is 3. The third kappa shape index (κ3) is 3.51. The minimum atomic E-state index is -3.23. The second kappa shape index (κ2) is 8.03. The Labute approximate surface area is 213 Å². The molecule has 2 saturated heterocycles. The van der Waals surface area contributed by atoms with Gasteiger partial charge in [0.05, 0.1) is 12.5 Å². The van der Waals surface area contributed by atoms with Crippen molar-refractivity contribution in [2.24, 2.45) is 11.8 Å². The number of nitrogens with one attached hydrogen (secondary N) is 1. The number of hydrogen-bond donors (Lipinski definition) is 2. The molecule has 2 fully saturated rings. The van der Waals surface area contributed by atoms with Crippen molar-refractivity contribution in [1.29, 1.82) is 0 Å². The van der Waals surface area contributed by atoms with Crippen LogP contribution in [0.3, 0.4) is 0 Å². The van der Waals surface area contributed by atoms with Gasteiger partial charge < -0.3 is 15.3 Å². The van der Waals surface area contributed by atoms with E-state index in [0.717, 1.165) is 4.90 Å². The third-order valence-corrected chi connectivity index (χ3v) is 7.76. The van der Waals surface area contributed by atoms with Crippen molar-refractivity contribution in [2.45, 2.75) is 23.9 Å². The van der Waals surface area contributed by atoms with Crippen molar-refractivity contribution >= 4 is 64.0 Å². The van der Waals surface area contributed by atoms with Gasteiger partial charge in [0.2, 0.25) is 5.91 Å². The van der Waals surface area contributed by atoms with Gasteiger partial charge in [0.25, 0.3) is 11.8 Å². The number of benzene rings is 2. The quantitative estimate of drug-likeness (QED) is 0.594. The summed E-state index contributed by atoms with van der Waals surface area (Å²) in [6.07, 6.45) is -0.769. The van der Waals surface area contributed by atoms with Gasteiger partial charge in [0, 0.05) is 51.5 Å². The second-order valence-electron chi connectivity index (χ2n) is 9.03. The highest BCUT2D eigenvalue weighted by molar-refractivity contribution is 6.35. The Balaban J connectivity index is 1.68. The number of amides is 2. The average molecular weight is 545 g/mol. The summed E-state index contributed by atoms with van der Waals surface area (Å²) in [7, 11) is 1.38. The van der Waals surface area contributed by atoms with E-state index in [9.17, 15) is 28.3 Å². The van der Waals surface area contributed by atoms with Crippen LogP contribution in [0.25, 0.3) is 0 Å². The molecule has 2 aromatic carbocycles. The molecule has 4 atom stereocenters. The molecule has 35 heavy (non-hydrogen) atoms. The highest BCUT2D eigenvalue weighted by atomic mass is 35.5. The first-order valence-electron chi connectivity index (χ1n) is 10.6. The Hall–Kier alpha value is -2.46. The Morgan fingerprint density at radius 3 is 2.40 bits per heavy atom. The van der Waals surface area contributed by atoms with Crippen LogP contribution in [0.15, 0.2) is 36.4 Å². The van der Waals surface area contributed by atoms with E-state index >= 15 is 0 Å². The number of fused-ring (bicyclic) bond motifs is 4. The lowest BCUT2D eigenvalue weighted by molar-refractivity contribution is -0.153. The number of hydrogen-bond acceptors (Lipinski definition) is 4. The summed E-state index contributed by atoms with van der Waals surface area (Å²) < 4.78 is 29.5. The van der Waals surface area contributed by atoms with E-state index in [4.69, 9.17) is 34.8 Å². The summed E-state index contributed by atoms with van der Waals surface area (Å²) in [6.45, 7) is -0.868. The van der Waals surface area contributed by atoms with Crippen LogP contribution in [0, 0.1) is 11.8 Å². The summed E-state index contributed by atoms with van der Waals surface area (Å²) in [5, 5.41) is 13.7. The molecule has 2 N–H and O–H groups in total. The molecular weight excluding hydrogens is 527 g/mol. The number of anilines is 2. The molecule has 0 aromatic heterocycles. The number of halogens is 5. The normalized spacial score (nSPS) is 28.6. The molecule has 7 nitrogen and oxygen atoms in total. The van der Waals surface area contributed by atoms with Gasteiger partial charge in [-0.3, -0.25) is 19.3 Å². The van der Waals surface area contributed by atoms with Crippen LogP contribution in [0.2, 0.25) is 15.1 Å². The predicted molar refractivity (Wildman–Crippen MR) is 126 cm³/mol. The fourth-order valence-electron chi connectivity index (χ4n) is 5.82. The summed E-state index contributed by atoms with van der Waals surface area (Å²) in [6, 6.07) is 7.49. The van der Waals surface area contributed by atoms with E-state index in [1.807, 2.05) is 0 Å². The van der Waals surface area contributed by atoms with Crippen LogP contribution >= 0.6 is 34.8 Å². The highest BCUT2D eigenvalue weighted by Crippen LogP contribution is 2.60. The highest BCUT2D eigenvalue weighted by Gasteiger charge is 2.74. The molecule has 2 aromatic rings. The molecule has 0 aliphatic carbocycles. The first-order chi connectivity index (χ1) is 16.4. The summed E-state index contributed by atoms with van der Waals surface area (Å²) >= 11 is 18.2. The average Bonchev–Trinajstić information content (AvgIpc) is 3.31. The fraction of sp³-hybridized carbons (Fsp3) is 0.348. The molecule has 2 unspecified atom stereocenters. The summed E-state index contributed by atoms with van der Waals surface area (Å²) in [4.78, 5) is 42.3. The molecule has 184 valence electrons. The maximum atomic E-state index is 14.8. The van der Waals surface area contributed by atoms with E-state index in [-0.39, 0.29) is 32.0 Å². The molecule has 0 radical (unpaired) electrons. The molecule has 12 heteroatoms. The van der Waals surface area contributed by atoms with Crippen LogP contribution in [-0.2, 0) is 19.9 Å². The van der Waals surface area contributed by atoms with Crippen molar-refractivity contribution in [3.63, 3.8) is 0 Å². The van der Waals surface area contributed by atoms with Gasteiger partial charge in [-0.25, -0.2) is 8.78 Å². The smallest absolute Gasteiger partial charge is 0.310 e. The van der Waals surface area contributed by atoms with Crippen LogP contribution < -0.4 is 10.2 Å².